The van der Waals surface area contributed by atoms with Crippen molar-refractivity contribution < 1.29 is 18.8 Å². The van der Waals surface area contributed by atoms with E-state index in [4.69, 9.17) is 19.9 Å². The number of nitriles is 1. The standard InChI is InChI=1S/C20H20N3O3/c1-24-18-9-13(10-19(25-2)20(18)26-3)12-23-8-4-5-14-15(11-21)16(22)6-7-17(14)23/h4-10H,12,22H2,1-3H3/q+1. The number of benzene rings is 2. The summed E-state index contributed by atoms with van der Waals surface area (Å²) in [5, 5.41) is 10.2. The van der Waals surface area contributed by atoms with Gasteiger partial charge in [-0.3, -0.25) is 0 Å². The number of hydrogen-bond donors (Lipinski definition) is 1. The molecule has 3 aromatic rings. The van der Waals surface area contributed by atoms with Gasteiger partial charge in [0.2, 0.25) is 11.3 Å². The molecule has 132 valence electrons. The first-order valence-electron chi connectivity index (χ1n) is 8.02. The van der Waals surface area contributed by atoms with Crippen LogP contribution in [0.4, 0.5) is 5.69 Å². The molecule has 0 saturated heterocycles. The Bertz CT molecular complexity index is 984. The van der Waals surface area contributed by atoms with Crippen molar-refractivity contribution in [2.75, 3.05) is 27.1 Å². The van der Waals surface area contributed by atoms with Gasteiger partial charge in [-0.05, 0) is 24.3 Å². The van der Waals surface area contributed by atoms with Gasteiger partial charge in [0.1, 0.15) is 6.07 Å². The number of nitrogens with two attached hydrogens (primary N) is 1. The van der Waals surface area contributed by atoms with Crippen LogP contribution < -0.4 is 24.5 Å². The Morgan fingerprint density at radius 1 is 1.04 bits per heavy atom. The Labute approximate surface area is 151 Å². The number of ether oxygens (including phenoxy) is 3. The van der Waals surface area contributed by atoms with Crippen molar-refractivity contribution in [2.24, 2.45) is 0 Å². The molecule has 0 fully saturated rings. The number of rotatable bonds is 5. The fourth-order valence-electron chi connectivity index (χ4n) is 3.05. The molecule has 1 aromatic heterocycles. The Morgan fingerprint density at radius 2 is 1.73 bits per heavy atom. The summed E-state index contributed by atoms with van der Waals surface area (Å²) in [5.74, 6) is 1.76. The topological polar surface area (TPSA) is 81.4 Å². The van der Waals surface area contributed by atoms with Gasteiger partial charge in [-0.25, -0.2) is 0 Å². The van der Waals surface area contributed by atoms with Gasteiger partial charge in [0.15, 0.2) is 24.2 Å². The maximum absolute atomic E-state index is 9.41. The molecule has 0 aliphatic carbocycles. The summed E-state index contributed by atoms with van der Waals surface area (Å²) in [6.45, 7) is 0.572. The van der Waals surface area contributed by atoms with E-state index in [-0.39, 0.29) is 0 Å². The molecule has 0 spiro atoms. The van der Waals surface area contributed by atoms with Crippen molar-refractivity contribution in [3.8, 4) is 23.3 Å². The van der Waals surface area contributed by atoms with Crippen molar-refractivity contribution in [1.29, 1.82) is 5.26 Å². The largest absolute Gasteiger partial charge is 0.493 e. The van der Waals surface area contributed by atoms with E-state index in [1.807, 2.05) is 36.5 Å². The minimum atomic E-state index is 0.477. The second kappa shape index (κ2) is 7.19. The van der Waals surface area contributed by atoms with Crippen molar-refractivity contribution in [1.82, 2.24) is 0 Å². The van der Waals surface area contributed by atoms with Crippen LogP contribution in [0, 0.1) is 11.3 Å². The molecule has 3 rings (SSSR count). The fourth-order valence-corrected chi connectivity index (χ4v) is 3.05. The van der Waals surface area contributed by atoms with E-state index in [2.05, 4.69) is 10.6 Å². The van der Waals surface area contributed by atoms with Crippen molar-refractivity contribution in [3.05, 3.63) is 53.7 Å². The molecule has 2 aromatic carbocycles. The van der Waals surface area contributed by atoms with Crippen LogP contribution in [-0.2, 0) is 6.54 Å². The van der Waals surface area contributed by atoms with Gasteiger partial charge in [0.25, 0.3) is 0 Å². The number of aromatic nitrogens is 1. The van der Waals surface area contributed by atoms with Crippen LogP contribution in [-0.4, -0.2) is 21.3 Å². The smallest absolute Gasteiger partial charge is 0.214 e. The first-order valence-corrected chi connectivity index (χ1v) is 8.02. The average Bonchev–Trinajstić information content (AvgIpc) is 2.67. The Kier molecular flexibility index (Phi) is 4.81. The molecule has 0 saturated carbocycles. The van der Waals surface area contributed by atoms with Gasteiger partial charge < -0.3 is 19.9 Å². The predicted octanol–water partition coefficient (Wildman–Crippen LogP) is 2.66. The third-order valence-corrected chi connectivity index (χ3v) is 4.28. The summed E-state index contributed by atoms with van der Waals surface area (Å²) >= 11 is 0. The summed E-state index contributed by atoms with van der Waals surface area (Å²) in [4.78, 5) is 0. The number of fused-ring (bicyclic) bond motifs is 1. The SMILES string of the molecule is COc1cc(C[n+]2cccc3c(C#N)c(N)ccc32)cc(OC)c1OC. The molecule has 0 unspecified atom stereocenters. The van der Waals surface area contributed by atoms with Crippen molar-refractivity contribution in [3.63, 3.8) is 0 Å². The van der Waals surface area contributed by atoms with Gasteiger partial charge in [-0.1, -0.05) is 0 Å². The number of pyridine rings is 1. The van der Waals surface area contributed by atoms with Crippen LogP contribution in [0.1, 0.15) is 11.1 Å². The molecule has 6 heteroatoms. The highest BCUT2D eigenvalue weighted by molar-refractivity contribution is 5.87. The maximum Gasteiger partial charge on any atom is 0.214 e. The molecular weight excluding hydrogens is 330 g/mol. The van der Waals surface area contributed by atoms with E-state index in [9.17, 15) is 5.26 Å². The van der Waals surface area contributed by atoms with Crippen LogP contribution in [0.3, 0.4) is 0 Å². The number of hydrogen-bond acceptors (Lipinski definition) is 5. The van der Waals surface area contributed by atoms with E-state index < -0.39 is 0 Å². The number of anilines is 1. The van der Waals surface area contributed by atoms with Crippen LogP contribution in [0.15, 0.2) is 42.6 Å². The summed E-state index contributed by atoms with van der Waals surface area (Å²) < 4.78 is 18.3. The van der Waals surface area contributed by atoms with E-state index in [1.165, 1.54) is 0 Å². The molecule has 0 aliphatic heterocycles. The lowest BCUT2D eigenvalue weighted by Crippen LogP contribution is -2.34. The lowest BCUT2D eigenvalue weighted by molar-refractivity contribution is -0.662. The lowest BCUT2D eigenvalue weighted by Gasteiger charge is -2.13. The Hall–Kier alpha value is -3.46. The quantitative estimate of drug-likeness (QED) is 0.565. The average molecular weight is 350 g/mol. The molecule has 26 heavy (non-hydrogen) atoms. The predicted molar refractivity (Wildman–Crippen MR) is 98.5 cm³/mol. The van der Waals surface area contributed by atoms with Crippen molar-refractivity contribution >= 4 is 16.6 Å². The molecule has 0 bridgehead atoms. The molecule has 2 N–H and O–H groups in total. The zero-order valence-corrected chi connectivity index (χ0v) is 14.9. The highest BCUT2D eigenvalue weighted by Crippen LogP contribution is 2.38. The lowest BCUT2D eigenvalue weighted by atomic mass is 10.1. The second-order valence-electron chi connectivity index (χ2n) is 5.74. The molecule has 1 heterocycles. The Morgan fingerprint density at radius 3 is 2.31 bits per heavy atom. The third-order valence-electron chi connectivity index (χ3n) is 4.28. The zero-order valence-electron chi connectivity index (χ0n) is 14.9. The van der Waals surface area contributed by atoms with E-state index in [0.717, 1.165) is 16.5 Å². The molecule has 6 nitrogen and oxygen atoms in total. The van der Waals surface area contributed by atoms with Crippen LogP contribution in [0.5, 0.6) is 17.2 Å². The summed E-state index contributed by atoms with van der Waals surface area (Å²) in [6.07, 6.45) is 1.96. The van der Waals surface area contributed by atoms with E-state index >= 15 is 0 Å². The monoisotopic (exact) mass is 350 g/mol. The van der Waals surface area contributed by atoms with Crippen LogP contribution >= 0.6 is 0 Å². The molecule has 0 amide bonds. The van der Waals surface area contributed by atoms with E-state index in [0.29, 0.717) is 35.0 Å². The second-order valence-corrected chi connectivity index (χ2v) is 5.74. The molecule has 0 atom stereocenters. The van der Waals surface area contributed by atoms with Gasteiger partial charge >= 0.3 is 0 Å². The summed E-state index contributed by atoms with van der Waals surface area (Å²) in [7, 11) is 4.76. The van der Waals surface area contributed by atoms with Gasteiger partial charge in [-0.15, -0.1) is 0 Å². The summed E-state index contributed by atoms with van der Waals surface area (Å²) in [5.41, 5.74) is 8.80. The zero-order chi connectivity index (χ0) is 18.7. The van der Waals surface area contributed by atoms with Crippen LogP contribution in [0.25, 0.3) is 10.9 Å². The number of nitrogen functional groups attached to an aromatic ring is 1. The Balaban J connectivity index is 2.12. The third kappa shape index (κ3) is 2.95. The highest BCUT2D eigenvalue weighted by atomic mass is 16.5. The first-order chi connectivity index (χ1) is 12.6. The molecule has 0 radical (unpaired) electrons. The number of nitrogens with zero attached hydrogens (tertiary/aromatic N) is 2. The first kappa shape index (κ1) is 17.4. The van der Waals surface area contributed by atoms with Gasteiger partial charge in [-0.2, -0.15) is 9.83 Å². The van der Waals surface area contributed by atoms with Crippen molar-refractivity contribution in [2.45, 2.75) is 6.54 Å². The maximum atomic E-state index is 9.41. The molecule has 0 aliphatic rings. The fraction of sp³-hybridized carbons (Fsp3) is 0.200. The van der Waals surface area contributed by atoms with E-state index in [1.54, 1.807) is 27.4 Å². The van der Waals surface area contributed by atoms with Gasteiger partial charge in [0, 0.05) is 17.7 Å². The minimum Gasteiger partial charge on any atom is -0.493 e. The van der Waals surface area contributed by atoms with Gasteiger partial charge in [0.05, 0.1) is 38.0 Å². The normalized spacial score (nSPS) is 10.4. The highest BCUT2D eigenvalue weighted by Gasteiger charge is 2.18. The minimum absolute atomic E-state index is 0.477. The molecular formula is C20H20N3O3+. The van der Waals surface area contributed by atoms with Crippen LogP contribution in [0.2, 0.25) is 0 Å². The summed E-state index contributed by atoms with van der Waals surface area (Å²) in [6, 6.07) is 13.5. The number of methoxy groups -OCH3 is 3.